The lowest BCUT2D eigenvalue weighted by molar-refractivity contribution is -0.0676. The quantitative estimate of drug-likeness (QED) is 0.364. The van der Waals surface area contributed by atoms with E-state index in [-0.39, 0.29) is 0 Å². The van der Waals surface area contributed by atoms with Crippen molar-refractivity contribution in [2.75, 3.05) is 13.9 Å². The Balaban J connectivity index is 0.000000561. The Bertz CT molecular complexity index is 149. The van der Waals surface area contributed by atoms with Crippen LogP contribution in [0.1, 0.15) is 19.3 Å². The van der Waals surface area contributed by atoms with Crippen LogP contribution in [0, 0.1) is 12.8 Å². The Morgan fingerprint density at radius 1 is 1.58 bits per heavy atom. The Kier molecular flexibility index (Phi) is 6.45. The number of rotatable bonds is 3. The molecule has 0 heterocycles. The summed E-state index contributed by atoms with van der Waals surface area (Å²) in [5.74, 6) is 0. The van der Waals surface area contributed by atoms with Crippen molar-refractivity contribution in [2.24, 2.45) is 0 Å². The molecule has 0 N–H and O–H groups in total. The average Bonchev–Trinajstić information content (AvgIpc) is 2.51. The van der Waals surface area contributed by atoms with E-state index >= 15 is 0 Å². The van der Waals surface area contributed by atoms with Crippen molar-refractivity contribution in [2.45, 2.75) is 25.4 Å². The minimum Gasteiger partial charge on any atom is -0.359 e. The van der Waals surface area contributed by atoms with Crippen LogP contribution < -0.4 is 0 Å². The Hall–Kier alpha value is -0.780. The van der Waals surface area contributed by atoms with E-state index in [1.807, 2.05) is 0 Å². The van der Waals surface area contributed by atoms with Gasteiger partial charge >= 0.3 is 0 Å². The maximum Gasteiger partial charge on any atom is 0.146 e. The first-order chi connectivity index (χ1) is 5.83. The SMILES string of the molecule is C#C.C=C1CC[C@H](OCOC)C1. The number of ether oxygens (including phenoxy) is 2. The number of methoxy groups -OCH3 is 1. The van der Waals surface area contributed by atoms with E-state index in [0.29, 0.717) is 12.9 Å². The number of hydrogen-bond donors (Lipinski definition) is 0. The van der Waals surface area contributed by atoms with Crippen molar-refractivity contribution in [3.63, 3.8) is 0 Å². The average molecular weight is 168 g/mol. The summed E-state index contributed by atoms with van der Waals surface area (Å²) in [5, 5.41) is 0. The van der Waals surface area contributed by atoms with Crippen molar-refractivity contribution < 1.29 is 9.47 Å². The molecule has 0 aromatic carbocycles. The summed E-state index contributed by atoms with van der Waals surface area (Å²) >= 11 is 0. The maximum absolute atomic E-state index is 5.34. The van der Waals surface area contributed by atoms with Crippen LogP contribution in [0.4, 0.5) is 0 Å². The first kappa shape index (κ1) is 11.2. The van der Waals surface area contributed by atoms with Gasteiger partial charge in [-0.25, -0.2) is 0 Å². The fraction of sp³-hybridized carbons (Fsp3) is 0.600. The summed E-state index contributed by atoms with van der Waals surface area (Å²) < 4.78 is 10.1. The molecule has 68 valence electrons. The third-order valence-electron chi connectivity index (χ3n) is 1.76. The monoisotopic (exact) mass is 168 g/mol. The van der Waals surface area contributed by atoms with Crippen LogP contribution in [-0.2, 0) is 9.47 Å². The molecule has 0 spiro atoms. The van der Waals surface area contributed by atoms with Gasteiger partial charge in [-0.2, -0.15) is 0 Å². The molecular weight excluding hydrogens is 152 g/mol. The van der Waals surface area contributed by atoms with E-state index in [1.54, 1.807) is 7.11 Å². The minimum absolute atomic E-state index is 0.368. The van der Waals surface area contributed by atoms with Crippen LogP contribution in [0.5, 0.6) is 0 Å². The van der Waals surface area contributed by atoms with Gasteiger partial charge in [-0.05, 0) is 19.3 Å². The first-order valence-electron chi connectivity index (χ1n) is 3.93. The fourth-order valence-corrected chi connectivity index (χ4v) is 1.20. The molecule has 1 atom stereocenters. The van der Waals surface area contributed by atoms with Crippen molar-refractivity contribution in [1.29, 1.82) is 0 Å². The van der Waals surface area contributed by atoms with E-state index in [2.05, 4.69) is 19.4 Å². The standard InChI is InChI=1S/C8H14O2.C2H2/c1-7-3-4-8(5-7)10-6-9-2;1-2/h8H,1,3-6H2,2H3;1-2H/t8-;/m0./s1. The molecule has 2 heteroatoms. The molecule has 1 fully saturated rings. The van der Waals surface area contributed by atoms with Crippen molar-refractivity contribution in [3.8, 4) is 12.8 Å². The van der Waals surface area contributed by atoms with Crippen LogP contribution >= 0.6 is 0 Å². The molecule has 2 nitrogen and oxygen atoms in total. The molecule has 0 aromatic rings. The second-order valence-corrected chi connectivity index (χ2v) is 2.69. The van der Waals surface area contributed by atoms with Gasteiger partial charge in [0.05, 0.1) is 6.10 Å². The molecule has 12 heavy (non-hydrogen) atoms. The van der Waals surface area contributed by atoms with Gasteiger partial charge < -0.3 is 9.47 Å². The smallest absolute Gasteiger partial charge is 0.146 e. The zero-order chi connectivity index (χ0) is 9.40. The molecule has 0 aromatic heterocycles. The molecule has 0 bridgehead atoms. The van der Waals surface area contributed by atoms with Crippen LogP contribution in [0.15, 0.2) is 12.2 Å². The second kappa shape index (κ2) is 6.90. The molecule has 0 unspecified atom stereocenters. The Labute approximate surface area is 74.6 Å². The summed E-state index contributed by atoms with van der Waals surface area (Å²) in [6.07, 6.45) is 11.6. The van der Waals surface area contributed by atoms with Crippen LogP contribution in [-0.4, -0.2) is 20.0 Å². The van der Waals surface area contributed by atoms with Crippen LogP contribution in [0.25, 0.3) is 0 Å². The Morgan fingerprint density at radius 2 is 2.25 bits per heavy atom. The first-order valence-corrected chi connectivity index (χ1v) is 3.93. The van der Waals surface area contributed by atoms with Gasteiger partial charge in [-0.15, -0.1) is 12.8 Å². The normalized spacial score (nSPS) is 21.6. The largest absolute Gasteiger partial charge is 0.359 e. The topological polar surface area (TPSA) is 18.5 Å². The summed E-state index contributed by atoms with van der Waals surface area (Å²) in [7, 11) is 1.64. The van der Waals surface area contributed by atoms with Gasteiger partial charge in [-0.1, -0.05) is 12.2 Å². The molecular formula is C10H16O2. The zero-order valence-electron chi connectivity index (χ0n) is 7.58. The lowest BCUT2D eigenvalue weighted by Crippen LogP contribution is -2.09. The van der Waals surface area contributed by atoms with E-state index in [1.165, 1.54) is 5.57 Å². The van der Waals surface area contributed by atoms with Crippen LogP contribution in [0.3, 0.4) is 0 Å². The summed E-state index contributed by atoms with van der Waals surface area (Å²) in [6.45, 7) is 4.31. The third kappa shape index (κ3) is 4.17. The van der Waals surface area contributed by atoms with Crippen molar-refractivity contribution in [3.05, 3.63) is 12.2 Å². The van der Waals surface area contributed by atoms with Gasteiger partial charge in [0.15, 0.2) is 0 Å². The number of hydrogen-bond acceptors (Lipinski definition) is 2. The molecule has 1 aliphatic carbocycles. The molecule has 0 amide bonds. The summed E-state index contributed by atoms with van der Waals surface area (Å²) in [6, 6.07) is 0. The lowest BCUT2D eigenvalue weighted by atomic mass is 10.3. The highest BCUT2D eigenvalue weighted by molar-refractivity contribution is 5.02. The highest BCUT2D eigenvalue weighted by Gasteiger charge is 2.17. The zero-order valence-corrected chi connectivity index (χ0v) is 7.58. The van der Waals surface area contributed by atoms with E-state index in [9.17, 15) is 0 Å². The highest BCUT2D eigenvalue weighted by atomic mass is 16.7. The second-order valence-electron chi connectivity index (χ2n) is 2.69. The van der Waals surface area contributed by atoms with E-state index in [4.69, 9.17) is 9.47 Å². The summed E-state index contributed by atoms with van der Waals surface area (Å²) in [4.78, 5) is 0. The molecule has 1 saturated carbocycles. The third-order valence-corrected chi connectivity index (χ3v) is 1.76. The molecule has 0 radical (unpaired) electrons. The van der Waals surface area contributed by atoms with Crippen LogP contribution in [0.2, 0.25) is 0 Å². The predicted molar refractivity (Wildman–Crippen MR) is 49.6 cm³/mol. The molecule has 1 aliphatic rings. The maximum atomic E-state index is 5.34. The van der Waals surface area contributed by atoms with Gasteiger partial charge in [0.2, 0.25) is 0 Å². The predicted octanol–water partition coefficient (Wildman–Crippen LogP) is 1.97. The number of terminal acetylenes is 1. The van der Waals surface area contributed by atoms with E-state index < -0.39 is 0 Å². The molecule has 0 saturated heterocycles. The lowest BCUT2D eigenvalue weighted by Gasteiger charge is -2.08. The van der Waals surface area contributed by atoms with Gasteiger partial charge in [0, 0.05) is 7.11 Å². The van der Waals surface area contributed by atoms with Gasteiger partial charge in [0.1, 0.15) is 6.79 Å². The van der Waals surface area contributed by atoms with Gasteiger partial charge in [-0.3, -0.25) is 0 Å². The highest BCUT2D eigenvalue weighted by Crippen LogP contribution is 2.24. The fourth-order valence-electron chi connectivity index (χ4n) is 1.20. The van der Waals surface area contributed by atoms with Crippen molar-refractivity contribution in [1.82, 2.24) is 0 Å². The Morgan fingerprint density at radius 3 is 2.67 bits per heavy atom. The molecule has 1 rings (SSSR count). The minimum atomic E-state index is 0.368. The van der Waals surface area contributed by atoms with Gasteiger partial charge in [0.25, 0.3) is 0 Å². The van der Waals surface area contributed by atoms with E-state index in [0.717, 1.165) is 19.3 Å². The molecule has 0 aliphatic heterocycles. The summed E-state index contributed by atoms with van der Waals surface area (Å²) in [5.41, 5.74) is 1.31. The van der Waals surface area contributed by atoms with Crippen molar-refractivity contribution >= 4 is 0 Å².